The SMILES string of the molecule is Fc1cnc(C2CCN(c3ccn4c(CC5CC5)nnc4c3C(F)(F)F)CC2)c(F)c1. The average Bonchev–Trinajstić information content (AvgIpc) is 3.45. The first-order valence-corrected chi connectivity index (χ1v) is 10.3. The fourth-order valence-corrected chi connectivity index (χ4v) is 4.37. The summed E-state index contributed by atoms with van der Waals surface area (Å²) in [6.45, 7) is 0.594. The van der Waals surface area contributed by atoms with Gasteiger partial charge in [0.1, 0.15) is 23.0 Å². The summed E-state index contributed by atoms with van der Waals surface area (Å²) >= 11 is 0. The van der Waals surface area contributed by atoms with Crippen LogP contribution >= 0.6 is 0 Å². The lowest BCUT2D eigenvalue weighted by molar-refractivity contribution is -0.136. The summed E-state index contributed by atoms with van der Waals surface area (Å²) in [5.74, 6) is -0.723. The molecule has 1 saturated carbocycles. The van der Waals surface area contributed by atoms with Gasteiger partial charge in [0.25, 0.3) is 0 Å². The van der Waals surface area contributed by atoms with Crippen molar-refractivity contribution in [3.63, 3.8) is 0 Å². The molecule has 0 spiro atoms. The molecule has 5 nitrogen and oxygen atoms in total. The smallest absolute Gasteiger partial charge is 0.371 e. The normalized spacial score (nSPS) is 18.2. The predicted octanol–water partition coefficient (Wildman–Crippen LogP) is 4.76. The summed E-state index contributed by atoms with van der Waals surface area (Å²) < 4.78 is 70.8. The molecule has 164 valence electrons. The van der Waals surface area contributed by atoms with Crippen LogP contribution in [-0.4, -0.2) is 32.7 Å². The largest absolute Gasteiger partial charge is 0.422 e. The van der Waals surface area contributed by atoms with Crippen LogP contribution in [0.3, 0.4) is 0 Å². The molecule has 3 aromatic heterocycles. The van der Waals surface area contributed by atoms with Gasteiger partial charge in [-0.15, -0.1) is 10.2 Å². The molecule has 10 heteroatoms. The van der Waals surface area contributed by atoms with Crippen LogP contribution in [0.15, 0.2) is 24.5 Å². The highest BCUT2D eigenvalue weighted by Gasteiger charge is 2.40. The molecule has 1 aliphatic carbocycles. The fraction of sp³-hybridized carbons (Fsp3) is 0.476. The molecule has 0 amide bonds. The topological polar surface area (TPSA) is 46.3 Å². The van der Waals surface area contributed by atoms with Crippen LogP contribution in [0.25, 0.3) is 5.65 Å². The van der Waals surface area contributed by atoms with Gasteiger partial charge in [0.15, 0.2) is 5.65 Å². The Hall–Kier alpha value is -2.78. The number of fused-ring (bicyclic) bond motifs is 1. The Morgan fingerprint density at radius 1 is 1.03 bits per heavy atom. The number of alkyl halides is 3. The monoisotopic (exact) mass is 437 g/mol. The molecular weight excluding hydrogens is 417 g/mol. The molecule has 1 aliphatic heterocycles. The van der Waals surface area contributed by atoms with Gasteiger partial charge in [-0.1, -0.05) is 0 Å². The first-order chi connectivity index (χ1) is 14.8. The first-order valence-electron chi connectivity index (χ1n) is 10.3. The lowest BCUT2D eigenvalue weighted by Gasteiger charge is -2.34. The van der Waals surface area contributed by atoms with Crippen molar-refractivity contribution in [2.24, 2.45) is 5.92 Å². The third-order valence-electron chi connectivity index (χ3n) is 6.14. The van der Waals surface area contributed by atoms with Crippen LogP contribution in [-0.2, 0) is 12.6 Å². The van der Waals surface area contributed by atoms with E-state index in [0.29, 0.717) is 44.1 Å². The Morgan fingerprint density at radius 3 is 2.42 bits per heavy atom. The molecule has 0 aromatic carbocycles. The molecule has 5 rings (SSSR count). The Bertz CT molecular complexity index is 1110. The standard InChI is InChI=1S/C21H20F5N5/c22-14-10-15(23)19(27-11-14)13-3-6-30(7-4-13)16-5-8-31-17(9-12-1-2-12)28-29-20(31)18(16)21(24,25)26/h5,8,10-13H,1-4,6-7,9H2. The third-order valence-corrected chi connectivity index (χ3v) is 6.14. The molecule has 0 bridgehead atoms. The molecule has 0 N–H and O–H groups in total. The lowest BCUT2D eigenvalue weighted by Crippen LogP contribution is -2.35. The van der Waals surface area contributed by atoms with Gasteiger partial charge in [-0.25, -0.2) is 8.78 Å². The number of piperidine rings is 1. The van der Waals surface area contributed by atoms with Crippen LogP contribution in [0.5, 0.6) is 0 Å². The van der Waals surface area contributed by atoms with E-state index in [4.69, 9.17) is 0 Å². The Labute approximate surface area is 174 Å². The van der Waals surface area contributed by atoms with Crippen LogP contribution in [0.2, 0.25) is 0 Å². The number of rotatable bonds is 4. The Morgan fingerprint density at radius 2 is 1.77 bits per heavy atom. The molecule has 0 radical (unpaired) electrons. The van der Waals surface area contributed by atoms with E-state index in [1.807, 2.05) is 0 Å². The molecule has 0 unspecified atom stereocenters. The molecule has 3 aromatic rings. The summed E-state index contributed by atoms with van der Waals surface area (Å²) in [4.78, 5) is 5.51. The number of hydrogen-bond acceptors (Lipinski definition) is 4. The highest BCUT2D eigenvalue weighted by molar-refractivity contribution is 5.67. The van der Waals surface area contributed by atoms with Gasteiger partial charge in [-0.3, -0.25) is 9.38 Å². The van der Waals surface area contributed by atoms with Gasteiger partial charge in [0.05, 0.1) is 17.6 Å². The number of halogens is 5. The number of hydrogen-bond donors (Lipinski definition) is 0. The number of pyridine rings is 2. The maximum Gasteiger partial charge on any atom is 0.422 e. The molecule has 4 heterocycles. The van der Waals surface area contributed by atoms with Crippen molar-refractivity contribution in [2.45, 2.75) is 44.2 Å². The van der Waals surface area contributed by atoms with Crippen LogP contribution < -0.4 is 4.90 Å². The zero-order valence-corrected chi connectivity index (χ0v) is 16.5. The summed E-state index contributed by atoms with van der Waals surface area (Å²) in [5, 5.41) is 7.89. The minimum Gasteiger partial charge on any atom is -0.371 e. The molecule has 2 aliphatic rings. The predicted molar refractivity (Wildman–Crippen MR) is 103 cm³/mol. The second-order valence-electron chi connectivity index (χ2n) is 8.31. The van der Waals surface area contributed by atoms with E-state index in [0.717, 1.165) is 25.1 Å². The van der Waals surface area contributed by atoms with E-state index in [-0.39, 0.29) is 22.9 Å². The second kappa shape index (κ2) is 7.42. The zero-order valence-electron chi connectivity index (χ0n) is 16.5. The van der Waals surface area contributed by atoms with Gasteiger partial charge < -0.3 is 4.90 Å². The maximum atomic E-state index is 14.1. The highest BCUT2D eigenvalue weighted by Crippen LogP contribution is 2.41. The minimum absolute atomic E-state index is 0.0522. The number of anilines is 1. The molecule has 0 atom stereocenters. The van der Waals surface area contributed by atoms with Crippen molar-refractivity contribution in [1.29, 1.82) is 0 Å². The van der Waals surface area contributed by atoms with E-state index in [2.05, 4.69) is 15.2 Å². The van der Waals surface area contributed by atoms with Crippen LogP contribution in [0.1, 0.15) is 48.7 Å². The first kappa shape index (κ1) is 20.1. The Kier molecular flexibility index (Phi) is 4.82. The zero-order chi connectivity index (χ0) is 21.8. The van der Waals surface area contributed by atoms with E-state index in [9.17, 15) is 22.0 Å². The fourth-order valence-electron chi connectivity index (χ4n) is 4.37. The quantitative estimate of drug-likeness (QED) is 0.553. The van der Waals surface area contributed by atoms with Crippen molar-refractivity contribution in [3.05, 3.63) is 53.2 Å². The van der Waals surface area contributed by atoms with E-state index in [1.165, 1.54) is 10.5 Å². The lowest BCUT2D eigenvalue weighted by atomic mass is 9.92. The average molecular weight is 437 g/mol. The molecule has 31 heavy (non-hydrogen) atoms. The van der Waals surface area contributed by atoms with Gasteiger partial charge in [-0.05, 0) is 37.7 Å². The van der Waals surface area contributed by atoms with Crippen molar-refractivity contribution < 1.29 is 22.0 Å². The second-order valence-corrected chi connectivity index (χ2v) is 8.31. The molecule has 1 saturated heterocycles. The van der Waals surface area contributed by atoms with Gasteiger partial charge >= 0.3 is 6.18 Å². The van der Waals surface area contributed by atoms with Gasteiger partial charge in [0, 0.05) is 37.7 Å². The number of nitrogens with zero attached hydrogens (tertiary/aromatic N) is 5. The van der Waals surface area contributed by atoms with E-state index >= 15 is 0 Å². The van der Waals surface area contributed by atoms with Crippen molar-refractivity contribution in [2.75, 3.05) is 18.0 Å². The van der Waals surface area contributed by atoms with Crippen LogP contribution in [0, 0.1) is 17.6 Å². The van der Waals surface area contributed by atoms with Gasteiger partial charge in [0.2, 0.25) is 0 Å². The van der Waals surface area contributed by atoms with Crippen LogP contribution in [0.4, 0.5) is 27.6 Å². The molecule has 2 fully saturated rings. The van der Waals surface area contributed by atoms with E-state index in [1.54, 1.807) is 11.1 Å². The number of aromatic nitrogens is 4. The van der Waals surface area contributed by atoms with Crippen molar-refractivity contribution in [1.82, 2.24) is 19.6 Å². The van der Waals surface area contributed by atoms with Crippen molar-refractivity contribution in [3.8, 4) is 0 Å². The minimum atomic E-state index is -4.59. The van der Waals surface area contributed by atoms with Gasteiger partial charge in [-0.2, -0.15) is 13.2 Å². The summed E-state index contributed by atoms with van der Waals surface area (Å²) in [6, 6.07) is 2.25. The summed E-state index contributed by atoms with van der Waals surface area (Å²) in [7, 11) is 0. The third kappa shape index (κ3) is 3.83. The van der Waals surface area contributed by atoms with Crippen molar-refractivity contribution >= 4 is 11.3 Å². The van der Waals surface area contributed by atoms with E-state index < -0.39 is 23.4 Å². The maximum absolute atomic E-state index is 14.1. The Balaban J connectivity index is 1.43. The molecular formula is C21H20F5N5. The summed E-state index contributed by atoms with van der Waals surface area (Å²) in [5.41, 5.74) is -0.769. The summed E-state index contributed by atoms with van der Waals surface area (Å²) in [6.07, 6.45) is 1.56. The highest BCUT2D eigenvalue weighted by atomic mass is 19.4.